The van der Waals surface area contributed by atoms with Gasteiger partial charge in [-0.25, -0.2) is 16.8 Å². The van der Waals surface area contributed by atoms with Gasteiger partial charge in [0.2, 0.25) is 24.3 Å². The van der Waals surface area contributed by atoms with E-state index in [-0.39, 0.29) is 0 Å². The lowest BCUT2D eigenvalue weighted by Crippen LogP contribution is -2.67. The van der Waals surface area contributed by atoms with Crippen molar-refractivity contribution in [1.82, 2.24) is 0 Å². The minimum absolute atomic E-state index is 0.662. The number of halogens is 6. The van der Waals surface area contributed by atoms with E-state index >= 15 is 0 Å². The predicted molar refractivity (Wildman–Crippen MR) is 61.9 cm³/mol. The normalized spacial score (nSPS) is 28.1. The van der Waals surface area contributed by atoms with Crippen molar-refractivity contribution in [2.45, 2.75) is 21.0 Å². The molecule has 1 aromatic carbocycles. The summed E-state index contributed by atoms with van der Waals surface area (Å²) in [5.41, 5.74) is -0.975. The molecule has 0 aliphatic carbocycles. The molecule has 0 aromatic heterocycles. The highest BCUT2D eigenvalue weighted by Crippen LogP contribution is 2.61. The van der Waals surface area contributed by atoms with Gasteiger partial charge in [-0.15, -0.1) is 0 Å². The summed E-state index contributed by atoms with van der Waals surface area (Å²) in [5.74, 6) is -6.59. The molecule has 0 spiro atoms. The van der Waals surface area contributed by atoms with E-state index in [1.807, 2.05) is 0 Å². The fourth-order valence-electron chi connectivity index (χ4n) is 1.93. The summed E-state index contributed by atoms with van der Waals surface area (Å²) in [5, 5.41) is -12.5. The molecule has 1 aliphatic heterocycles. The average Bonchev–Trinajstić information content (AvgIpc) is 2.37. The minimum atomic E-state index is -6.59. The average molecular weight is 368 g/mol. The molecule has 22 heavy (non-hydrogen) atoms. The minimum Gasteiger partial charge on any atom is -0.221 e. The van der Waals surface area contributed by atoms with Crippen molar-refractivity contribution < 1.29 is 43.2 Å². The number of rotatable bonds is 1. The van der Waals surface area contributed by atoms with Gasteiger partial charge in [0.1, 0.15) is 0 Å². The first-order valence-electron chi connectivity index (χ1n) is 5.38. The number of hydrogen-bond acceptors (Lipinski definition) is 4. The summed E-state index contributed by atoms with van der Waals surface area (Å²) in [6, 6.07) is 4.52. The van der Waals surface area contributed by atoms with Crippen LogP contribution in [0.1, 0.15) is 10.1 Å². The fourth-order valence-corrected chi connectivity index (χ4v) is 6.59. The number of hydrogen-bond donors (Lipinski definition) is 0. The molecule has 0 N–H and O–H groups in total. The molecule has 0 amide bonds. The van der Waals surface area contributed by atoms with Crippen molar-refractivity contribution in [1.29, 1.82) is 0 Å². The van der Waals surface area contributed by atoms with Crippen molar-refractivity contribution in [2.75, 3.05) is 0 Å². The van der Waals surface area contributed by atoms with Gasteiger partial charge < -0.3 is 0 Å². The van der Waals surface area contributed by atoms with Gasteiger partial charge in [-0.2, -0.15) is 26.3 Å². The van der Waals surface area contributed by atoms with Crippen LogP contribution in [0.2, 0.25) is 0 Å². The Balaban J connectivity index is 2.91. The van der Waals surface area contributed by atoms with Crippen LogP contribution in [0.5, 0.6) is 0 Å². The Hall–Kier alpha value is -1.30. The highest BCUT2D eigenvalue weighted by atomic mass is 32.3. The molecule has 1 fully saturated rings. The third-order valence-corrected chi connectivity index (χ3v) is 8.22. The Labute approximate surface area is 120 Å². The highest BCUT2D eigenvalue weighted by Gasteiger charge is 2.88. The van der Waals surface area contributed by atoms with Gasteiger partial charge in [0.05, 0.1) is 0 Å². The lowest BCUT2D eigenvalue weighted by atomic mass is 10.2. The Bertz CT molecular complexity index is 753. The Kier molecular flexibility index (Phi) is 3.39. The Morgan fingerprint density at radius 1 is 0.727 bits per heavy atom. The van der Waals surface area contributed by atoms with Crippen molar-refractivity contribution in [3.8, 4) is 0 Å². The third-order valence-electron chi connectivity index (χ3n) is 3.08. The van der Waals surface area contributed by atoms with Crippen LogP contribution >= 0.6 is 0 Å². The topological polar surface area (TPSA) is 68.3 Å². The molecule has 0 saturated carbocycles. The molecular formula is C10H6F6O4S2. The summed E-state index contributed by atoms with van der Waals surface area (Å²) >= 11 is 0. The van der Waals surface area contributed by atoms with Crippen molar-refractivity contribution >= 4 is 19.7 Å². The summed E-state index contributed by atoms with van der Waals surface area (Å²) in [4.78, 5) is 0. The van der Waals surface area contributed by atoms with E-state index in [0.29, 0.717) is 12.1 Å². The molecule has 0 unspecified atom stereocenters. The van der Waals surface area contributed by atoms with Gasteiger partial charge in [-0.3, -0.25) is 0 Å². The van der Waals surface area contributed by atoms with Crippen LogP contribution in [-0.4, -0.2) is 33.3 Å². The van der Waals surface area contributed by atoms with Gasteiger partial charge in [-0.1, -0.05) is 30.3 Å². The molecule has 0 radical (unpaired) electrons. The molecule has 1 aromatic rings. The van der Waals surface area contributed by atoms with Gasteiger partial charge >= 0.3 is 16.4 Å². The van der Waals surface area contributed by atoms with Gasteiger partial charge in [-0.05, 0) is 5.56 Å². The Morgan fingerprint density at radius 2 is 1.09 bits per heavy atom. The first kappa shape index (κ1) is 17.1. The molecular weight excluding hydrogens is 362 g/mol. The van der Waals surface area contributed by atoms with E-state index in [1.165, 1.54) is 6.07 Å². The maximum absolute atomic E-state index is 13.5. The predicted octanol–water partition coefficient (Wildman–Crippen LogP) is 2.35. The zero-order valence-corrected chi connectivity index (χ0v) is 11.8. The van der Waals surface area contributed by atoms with Crippen LogP contribution in [-0.2, 0) is 19.7 Å². The number of sulfone groups is 2. The van der Waals surface area contributed by atoms with Crippen LogP contribution in [0.25, 0.3) is 0 Å². The van der Waals surface area contributed by atoms with Crippen molar-refractivity contribution in [2.24, 2.45) is 0 Å². The largest absolute Gasteiger partial charge is 0.416 e. The second kappa shape index (κ2) is 4.37. The molecule has 1 heterocycles. The van der Waals surface area contributed by atoms with E-state index in [0.717, 1.165) is 12.1 Å². The molecule has 1 saturated heterocycles. The molecule has 12 heteroatoms. The van der Waals surface area contributed by atoms with E-state index in [1.54, 1.807) is 0 Å². The fraction of sp³-hybridized carbons (Fsp3) is 0.400. The monoisotopic (exact) mass is 368 g/mol. The quantitative estimate of drug-likeness (QED) is 0.714. The standard InChI is InChI=1S/C10H6F6O4S2/c11-8(12)9(13,14)21(17,18)7(6-4-2-1-3-5-6)22(19,20)10(8,15)16/h1-5,7H. The second-order valence-corrected chi connectivity index (χ2v) is 8.89. The third kappa shape index (κ3) is 1.70. The second-order valence-electron chi connectivity index (χ2n) is 4.44. The zero-order chi connectivity index (χ0) is 17.2. The maximum Gasteiger partial charge on any atom is 0.416 e. The summed E-state index contributed by atoms with van der Waals surface area (Å²) in [6.45, 7) is 0. The van der Waals surface area contributed by atoms with Crippen molar-refractivity contribution in [3.63, 3.8) is 0 Å². The molecule has 0 bridgehead atoms. The SMILES string of the molecule is O=S1(=O)C(c2ccccc2)S(=O)(=O)C(F)(F)C(F)(F)C1(F)F. The summed E-state index contributed by atoms with van der Waals surface area (Å²) in [7, 11) is -13.0. The molecule has 2 rings (SSSR count). The summed E-state index contributed by atoms with van der Waals surface area (Å²) in [6.07, 6.45) is 0. The number of benzene rings is 1. The van der Waals surface area contributed by atoms with Crippen LogP contribution in [0.3, 0.4) is 0 Å². The van der Waals surface area contributed by atoms with E-state index in [4.69, 9.17) is 0 Å². The lowest BCUT2D eigenvalue weighted by Gasteiger charge is -2.39. The van der Waals surface area contributed by atoms with Gasteiger partial charge in [0.25, 0.3) is 0 Å². The first-order chi connectivity index (χ1) is 9.73. The Morgan fingerprint density at radius 3 is 1.45 bits per heavy atom. The highest BCUT2D eigenvalue weighted by molar-refractivity contribution is 8.10. The number of alkyl halides is 6. The van der Waals surface area contributed by atoms with Crippen LogP contribution < -0.4 is 0 Å². The smallest absolute Gasteiger partial charge is 0.221 e. The maximum atomic E-state index is 13.5. The van der Waals surface area contributed by atoms with Gasteiger partial charge in [0.15, 0.2) is 0 Å². The van der Waals surface area contributed by atoms with Crippen LogP contribution in [0, 0.1) is 0 Å². The van der Waals surface area contributed by atoms with Crippen LogP contribution in [0.4, 0.5) is 26.3 Å². The molecule has 1 aliphatic rings. The van der Waals surface area contributed by atoms with Crippen molar-refractivity contribution in [3.05, 3.63) is 35.9 Å². The first-order valence-corrected chi connectivity index (χ1v) is 8.47. The van der Waals surface area contributed by atoms with E-state index in [9.17, 15) is 43.2 Å². The zero-order valence-electron chi connectivity index (χ0n) is 10.2. The summed E-state index contributed by atoms with van der Waals surface area (Å²) < 4.78 is 123. The van der Waals surface area contributed by atoms with Gasteiger partial charge in [0, 0.05) is 0 Å². The van der Waals surface area contributed by atoms with E-state index < -0.39 is 46.3 Å². The molecule has 0 atom stereocenters. The lowest BCUT2D eigenvalue weighted by molar-refractivity contribution is -0.246. The van der Waals surface area contributed by atoms with Crippen LogP contribution in [0.15, 0.2) is 30.3 Å². The molecule has 124 valence electrons. The molecule has 4 nitrogen and oxygen atoms in total. The van der Waals surface area contributed by atoms with E-state index in [2.05, 4.69) is 0 Å².